The fourth-order valence-electron chi connectivity index (χ4n) is 3.06. The van der Waals surface area contributed by atoms with Crippen LogP contribution >= 0.6 is 11.3 Å². The molecule has 0 amide bonds. The quantitative estimate of drug-likeness (QED) is 0.801. The lowest BCUT2D eigenvalue weighted by Gasteiger charge is -2.29. The van der Waals surface area contributed by atoms with Gasteiger partial charge in [-0.1, -0.05) is 50.1 Å². The highest BCUT2D eigenvalue weighted by Crippen LogP contribution is 2.36. The highest BCUT2D eigenvalue weighted by Gasteiger charge is 2.34. The van der Waals surface area contributed by atoms with E-state index in [9.17, 15) is 0 Å². The summed E-state index contributed by atoms with van der Waals surface area (Å²) in [4.78, 5) is 9.02. The van der Waals surface area contributed by atoms with Gasteiger partial charge in [0.25, 0.3) is 0 Å². The molecule has 3 rings (SSSR count). The number of thiazole rings is 1. The van der Waals surface area contributed by atoms with Gasteiger partial charge in [-0.25, -0.2) is 4.98 Å². The highest BCUT2D eigenvalue weighted by molar-refractivity contribution is 7.13. The summed E-state index contributed by atoms with van der Waals surface area (Å²) in [6.45, 7) is 2.92. The summed E-state index contributed by atoms with van der Waals surface area (Å²) in [5.74, 6) is 0. The van der Waals surface area contributed by atoms with Gasteiger partial charge in [-0.2, -0.15) is 0 Å². The van der Waals surface area contributed by atoms with Crippen molar-refractivity contribution in [2.45, 2.75) is 38.0 Å². The molecule has 0 aliphatic carbocycles. The second-order valence-corrected chi connectivity index (χ2v) is 6.93. The van der Waals surface area contributed by atoms with E-state index in [1.54, 1.807) is 0 Å². The first-order valence-corrected chi connectivity index (χ1v) is 9.11. The number of hydrogen-bond acceptors (Lipinski definition) is 4. The molecule has 23 heavy (non-hydrogen) atoms. The third kappa shape index (κ3) is 3.37. The molecule has 4 heteroatoms. The molecule has 2 N–H and O–H groups in total. The van der Waals surface area contributed by atoms with Crippen molar-refractivity contribution < 1.29 is 0 Å². The van der Waals surface area contributed by atoms with Crippen LogP contribution in [0.1, 0.15) is 43.0 Å². The maximum absolute atomic E-state index is 5.86. The maximum Gasteiger partial charge on any atom is 0.180 e. The number of aryl methyl sites for hydroxylation is 1. The normalized spacial score (nSPS) is 20.0. The molecule has 2 aromatic rings. The van der Waals surface area contributed by atoms with E-state index in [2.05, 4.69) is 52.6 Å². The van der Waals surface area contributed by atoms with Crippen LogP contribution in [0.25, 0.3) is 0 Å². The molecule has 0 spiro atoms. The maximum atomic E-state index is 5.86. The van der Waals surface area contributed by atoms with Crippen LogP contribution in [0.5, 0.6) is 0 Å². The summed E-state index contributed by atoms with van der Waals surface area (Å²) in [5, 5.41) is 2.66. The summed E-state index contributed by atoms with van der Waals surface area (Å²) in [6, 6.07) is 8.94. The first-order chi connectivity index (χ1) is 11.2. The lowest BCUT2D eigenvalue weighted by atomic mass is 9.76. The molecule has 1 aliphatic heterocycles. The second-order valence-electron chi connectivity index (χ2n) is 6.05. The van der Waals surface area contributed by atoms with E-state index in [-0.39, 0.29) is 5.41 Å². The van der Waals surface area contributed by atoms with Gasteiger partial charge >= 0.3 is 0 Å². The van der Waals surface area contributed by atoms with Crippen LogP contribution in [-0.4, -0.2) is 17.7 Å². The van der Waals surface area contributed by atoms with Crippen molar-refractivity contribution in [1.29, 1.82) is 0 Å². The van der Waals surface area contributed by atoms with Gasteiger partial charge in [-0.3, -0.25) is 4.99 Å². The standard InChI is InChI=1S/C19H23N3S/c1-2-3-4-6-15-7-9-16(10-8-15)19(11-5-12-21-14-19)17-13-23-18(20)22-17/h5,7-13H,2-4,6,14H2,1H3,(H2,20,22). The van der Waals surface area contributed by atoms with Crippen molar-refractivity contribution in [1.82, 2.24) is 4.98 Å². The minimum Gasteiger partial charge on any atom is -0.375 e. The number of hydrogen-bond donors (Lipinski definition) is 1. The van der Waals surface area contributed by atoms with Crippen molar-refractivity contribution in [3.8, 4) is 0 Å². The van der Waals surface area contributed by atoms with Gasteiger partial charge in [-0.05, 0) is 30.0 Å². The molecule has 1 aromatic carbocycles. The molecule has 0 bridgehead atoms. The Balaban J connectivity index is 1.89. The third-order valence-corrected chi connectivity index (χ3v) is 5.10. The molecule has 120 valence electrons. The van der Waals surface area contributed by atoms with Crippen LogP contribution in [0, 0.1) is 0 Å². The molecular weight excluding hydrogens is 302 g/mol. The number of benzene rings is 1. The van der Waals surface area contributed by atoms with Gasteiger partial charge in [0.15, 0.2) is 5.13 Å². The second kappa shape index (κ2) is 7.09. The molecule has 2 heterocycles. The Hall–Kier alpha value is -1.94. The number of allylic oxidation sites excluding steroid dienone is 1. The topological polar surface area (TPSA) is 51.3 Å². The molecule has 0 saturated carbocycles. The van der Waals surface area contributed by atoms with Crippen LogP contribution in [0.3, 0.4) is 0 Å². The van der Waals surface area contributed by atoms with Gasteiger partial charge in [0.2, 0.25) is 0 Å². The van der Waals surface area contributed by atoms with Crippen molar-refractivity contribution in [3.05, 3.63) is 58.6 Å². The zero-order valence-electron chi connectivity index (χ0n) is 13.5. The molecule has 1 aliphatic rings. The molecular formula is C19H23N3S. The van der Waals surface area contributed by atoms with E-state index >= 15 is 0 Å². The Morgan fingerprint density at radius 3 is 2.65 bits per heavy atom. The lowest BCUT2D eigenvalue weighted by Crippen LogP contribution is -2.31. The number of nitrogens with zero attached hydrogens (tertiary/aromatic N) is 2. The minimum absolute atomic E-state index is 0.287. The molecule has 1 atom stereocenters. The monoisotopic (exact) mass is 325 g/mol. The predicted molar refractivity (Wildman–Crippen MR) is 99.5 cm³/mol. The summed E-state index contributed by atoms with van der Waals surface area (Å²) in [7, 11) is 0. The van der Waals surface area contributed by atoms with Gasteiger partial charge in [0.05, 0.1) is 17.7 Å². The number of rotatable bonds is 6. The van der Waals surface area contributed by atoms with E-state index in [0.29, 0.717) is 11.7 Å². The molecule has 0 radical (unpaired) electrons. The number of unbranched alkanes of at least 4 members (excludes halogenated alkanes) is 2. The predicted octanol–water partition coefficient (Wildman–Crippen LogP) is 4.38. The zero-order chi connectivity index (χ0) is 16.1. The number of nitrogen functional groups attached to an aromatic ring is 1. The first kappa shape index (κ1) is 15.9. The van der Waals surface area contributed by atoms with Crippen LogP contribution < -0.4 is 5.73 Å². The van der Waals surface area contributed by atoms with E-state index in [0.717, 1.165) is 12.1 Å². The third-order valence-electron chi connectivity index (χ3n) is 4.43. The number of dihydropyridines is 1. The fourth-order valence-corrected chi connectivity index (χ4v) is 3.71. The minimum atomic E-state index is -0.287. The molecule has 0 fully saturated rings. The van der Waals surface area contributed by atoms with Gasteiger partial charge in [0, 0.05) is 11.6 Å². The molecule has 0 saturated heterocycles. The number of nitrogens with two attached hydrogens (primary N) is 1. The number of aliphatic imine (C=N–C) groups is 1. The van der Waals surface area contributed by atoms with Crippen molar-refractivity contribution in [2.24, 2.45) is 4.99 Å². The van der Waals surface area contributed by atoms with Gasteiger partial charge in [0.1, 0.15) is 0 Å². The number of aromatic nitrogens is 1. The Morgan fingerprint density at radius 1 is 1.22 bits per heavy atom. The number of anilines is 1. The Kier molecular flexibility index (Phi) is 4.91. The zero-order valence-corrected chi connectivity index (χ0v) is 14.4. The first-order valence-electron chi connectivity index (χ1n) is 8.23. The van der Waals surface area contributed by atoms with Gasteiger partial charge < -0.3 is 5.73 Å². The van der Waals surface area contributed by atoms with Crippen molar-refractivity contribution >= 4 is 22.7 Å². The summed E-state index contributed by atoms with van der Waals surface area (Å²) < 4.78 is 0. The van der Waals surface area contributed by atoms with E-state index < -0.39 is 0 Å². The SMILES string of the molecule is CCCCCc1ccc(C2(c3csc(N)n3)C=CC=NC2)cc1. The van der Waals surface area contributed by atoms with Crippen LogP contribution in [0.15, 0.2) is 46.8 Å². The summed E-state index contributed by atoms with van der Waals surface area (Å²) >= 11 is 1.49. The largest absolute Gasteiger partial charge is 0.375 e. The lowest BCUT2D eigenvalue weighted by molar-refractivity contribution is 0.634. The van der Waals surface area contributed by atoms with Crippen LogP contribution in [0.2, 0.25) is 0 Å². The van der Waals surface area contributed by atoms with E-state index in [4.69, 9.17) is 5.73 Å². The summed E-state index contributed by atoms with van der Waals surface area (Å²) in [5.41, 5.74) is 9.20. The van der Waals surface area contributed by atoms with Crippen LogP contribution in [-0.2, 0) is 11.8 Å². The Bertz CT molecular complexity index is 700. The van der Waals surface area contributed by atoms with E-state index in [1.165, 1.54) is 41.7 Å². The molecule has 1 aromatic heterocycles. The smallest absolute Gasteiger partial charge is 0.180 e. The average molecular weight is 325 g/mol. The van der Waals surface area contributed by atoms with Crippen LogP contribution in [0.4, 0.5) is 5.13 Å². The average Bonchev–Trinajstić information content (AvgIpc) is 3.03. The fraction of sp³-hybridized carbons (Fsp3) is 0.368. The molecule has 3 nitrogen and oxygen atoms in total. The highest BCUT2D eigenvalue weighted by atomic mass is 32.1. The summed E-state index contributed by atoms with van der Waals surface area (Å²) in [6.07, 6.45) is 11.0. The Morgan fingerprint density at radius 2 is 2.04 bits per heavy atom. The van der Waals surface area contributed by atoms with E-state index in [1.807, 2.05) is 12.3 Å². The Labute approximate surface area is 142 Å². The van der Waals surface area contributed by atoms with Crippen molar-refractivity contribution in [3.63, 3.8) is 0 Å². The van der Waals surface area contributed by atoms with Crippen molar-refractivity contribution in [2.75, 3.05) is 12.3 Å². The molecule has 1 unspecified atom stereocenters. The van der Waals surface area contributed by atoms with Gasteiger partial charge in [-0.15, -0.1) is 11.3 Å².